The first-order valence-corrected chi connectivity index (χ1v) is 11.9. The maximum absolute atomic E-state index is 13.7. The number of sulfone groups is 1. The van der Waals surface area contributed by atoms with Gasteiger partial charge >= 0.3 is 0 Å². The van der Waals surface area contributed by atoms with Crippen LogP contribution in [0.2, 0.25) is 0 Å². The van der Waals surface area contributed by atoms with Gasteiger partial charge in [0.25, 0.3) is 0 Å². The fourth-order valence-electron chi connectivity index (χ4n) is 3.23. The lowest BCUT2D eigenvalue weighted by Crippen LogP contribution is -2.11. The predicted octanol–water partition coefficient (Wildman–Crippen LogP) is 2.58. The normalized spacial score (nSPS) is 18.4. The quantitative estimate of drug-likeness (QED) is 0.542. The molecule has 11 heteroatoms. The molecule has 1 aromatic carbocycles. The van der Waals surface area contributed by atoms with Crippen LogP contribution in [0.4, 0.5) is 4.39 Å². The van der Waals surface area contributed by atoms with Crippen LogP contribution < -0.4 is 0 Å². The highest BCUT2D eigenvalue weighted by Crippen LogP contribution is 2.26. The summed E-state index contributed by atoms with van der Waals surface area (Å²) >= 11 is 1.39. The summed E-state index contributed by atoms with van der Waals surface area (Å²) in [6.07, 6.45) is 1.26. The summed E-state index contributed by atoms with van der Waals surface area (Å²) in [6.45, 7) is 1.69. The molecular formula is C18H20FN5O3S2. The maximum atomic E-state index is 13.7. The van der Waals surface area contributed by atoms with E-state index >= 15 is 0 Å². The number of aryl methyl sites for hydroxylation is 1. The molecule has 1 aliphatic rings. The van der Waals surface area contributed by atoms with Crippen LogP contribution in [0.25, 0.3) is 11.4 Å². The molecule has 0 bridgehead atoms. The van der Waals surface area contributed by atoms with Crippen molar-refractivity contribution in [3.05, 3.63) is 41.3 Å². The number of nitrogens with zero attached hydrogens (tertiary/aromatic N) is 5. The summed E-state index contributed by atoms with van der Waals surface area (Å²) in [5.74, 6) is 2.13. The zero-order valence-corrected chi connectivity index (χ0v) is 17.6. The van der Waals surface area contributed by atoms with Gasteiger partial charge in [0.15, 0.2) is 15.0 Å². The van der Waals surface area contributed by atoms with Crippen molar-refractivity contribution in [1.82, 2.24) is 24.9 Å². The first-order valence-electron chi connectivity index (χ1n) is 9.11. The number of benzene rings is 1. The van der Waals surface area contributed by atoms with Crippen LogP contribution in [0, 0.1) is 18.7 Å². The van der Waals surface area contributed by atoms with E-state index in [1.54, 1.807) is 19.1 Å². The second-order valence-electron chi connectivity index (χ2n) is 7.20. The Bertz CT molecular complexity index is 1140. The van der Waals surface area contributed by atoms with Crippen LogP contribution >= 0.6 is 11.8 Å². The van der Waals surface area contributed by atoms with Crippen molar-refractivity contribution in [1.29, 1.82) is 0 Å². The van der Waals surface area contributed by atoms with Gasteiger partial charge in [-0.2, -0.15) is 4.98 Å². The van der Waals surface area contributed by atoms with Crippen molar-refractivity contribution >= 4 is 21.6 Å². The lowest BCUT2D eigenvalue weighted by atomic mass is 10.1. The standard InChI is InChI=1S/C18H20FN5O3S2/c1-11-3-4-13(8-14(11)19)17-20-16(27-23-17)9-28-18-22-21-15(24(18)2)7-12-5-6-29(25,26)10-12/h3-4,8,12H,5-7,9-10H2,1-2H3. The van der Waals surface area contributed by atoms with E-state index in [9.17, 15) is 12.8 Å². The summed E-state index contributed by atoms with van der Waals surface area (Å²) in [7, 11) is -1.05. The number of aromatic nitrogens is 5. The number of halogens is 1. The van der Waals surface area contributed by atoms with Crippen molar-refractivity contribution in [3.8, 4) is 11.4 Å². The third kappa shape index (κ3) is 4.50. The van der Waals surface area contributed by atoms with Crippen LogP contribution in [0.15, 0.2) is 27.9 Å². The smallest absolute Gasteiger partial charge is 0.237 e. The summed E-state index contributed by atoms with van der Waals surface area (Å²) in [4.78, 5) is 4.31. The number of thioether (sulfide) groups is 1. The highest BCUT2D eigenvalue weighted by atomic mass is 32.2. The predicted molar refractivity (Wildman–Crippen MR) is 105 cm³/mol. The molecule has 154 valence electrons. The van der Waals surface area contributed by atoms with Gasteiger partial charge in [-0.15, -0.1) is 10.2 Å². The molecule has 0 N–H and O–H groups in total. The zero-order valence-electron chi connectivity index (χ0n) is 16.0. The second kappa shape index (κ2) is 7.86. The van der Waals surface area contributed by atoms with Crippen LogP contribution in [0.5, 0.6) is 0 Å². The molecule has 8 nitrogen and oxygen atoms in total. The van der Waals surface area contributed by atoms with Gasteiger partial charge in [0.2, 0.25) is 11.7 Å². The third-order valence-corrected chi connectivity index (χ3v) is 7.79. The van der Waals surface area contributed by atoms with E-state index in [2.05, 4.69) is 20.3 Å². The Balaban J connectivity index is 1.39. The summed E-state index contributed by atoms with van der Waals surface area (Å²) < 4.78 is 44.1. The first-order chi connectivity index (χ1) is 13.8. The molecule has 0 radical (unpaired) electrons. The fourth-order valence-corrected chi connectivity index (χ4v) is 5.86. The SMILES string of the molecule is Cc1ccc(-c2noc(CSc3nnc(CC4CCS(=O)(=O)C4)n3C)n2)cc1F. The Kier molecular flexibility index (Phi) is 5.43. The average molecular weight is 438 g/mol. The van der Waals surface area contributed by atoms with E-state index in [1.165, 1.54) is 17.8 Å². The molecule has 1 fully saturated rings. The van der Waals surface area contributed by atoms with Crippen molar-refractivity contribution in [2.45, 2.75) is 30.7 Å². The molecule has 1 saturated heterocycles. The average Bonchev–Trinajstić information content (AvgIpc) is 3.37. The third-order valence-electron chi connectivity index (χ3n) is 4.95. The summed E-state index contributed by atoms with van der Waals surface area (Å²) in [5.41, 5.74) is 1.11. The molecular weight excluding hydrogens is 417 g/mol. The van der Waals surface area contributed by atoms with Gasteiger partial charge in [-0.3, -0.25) is 0 Å². The molecule has 3 aromatic rings. The molecule has 0 amide bonds. The molecule has 3 heterocycles. The van der Waals surface area contributed by atoms with Gasteiger partial charge < -0.3 is 9.09 Å². The Morgan fingerprint density at radius 3 is 2.90 bits per heavy atom. The van der Waals surface area contributed by atoms with Crippen LogP contribution in [0.3, 0.4) is 0 Å². The Morgan fingerprint density at radius 2 is 2.17 bits per heavy atom. The first kappa shape index (κ1) is 20.0. The van der Waals surface area contributed by atoms with E-state index in [-0.39, 0.29) is 23.2 Å². The minimum absolute atomic E-state index is 0.0918. The van der Waals surface area contributed by atoms with E-state index in [0.717, 1.165) is 5.82 Å². The number of hydrogen-bond donors (Lipinski definition) is 0. The van der Waals surface area contributed by atoms with Crippen molar-refractivity contribution in [2.75, 3.05) is 11.5 Å². The van der Waals surface area contributed by atoms with Crippen LogP contribution in [0.1, 0.15) is 23.7 Å². The summed E-state index contributed by atoms with van der Waals surface area (Å²) in [5, 5.41) is 13.0. The lowest BCUT2D eigenvalue weighted by Gasteiger charge is -2.07. The minimum atomic E-state index is -2.91. The number of rotatable bonds is 6. The molecule has 1 atom stereocenters. The topological polar surface area (TPSA) is 104 Å². The van der Waals surface area contributed by atoms with Gasteiger partial charge in [0.05, 0.1) is 17.3 Å². The lowest BCUT2D eigenvalue weighted by molar-refractivity contribution is 0.391. The van der Waals surface area contributed by atoms with E-state index in [0.29, 0.717) is 46.6 Å². The largest absolute Gasteiger partial charge is 0.338 e. The molecule has 2 aromatic heterocycles. The van der Waals surface area contributed by atoms with E-state index in [1.807, 2.05) is 11.6 Å². The number of hydrogen-bond acceptors (Lipinski definition) is 8. The maximum Gasteiger partial charge on any atom is 0.237 e. The van der Waals surface area contributed by atoms with Crippen molar-refractivity contribution in [3.63, 3.8) is 0 Å². The van der Waals surface area contributed by atoms with E-state index in [4.69, 9.17) is 4.52 Å². The molecule has 1 unspecified atom stereocenters. The zero-order chi connectivity index (χ0) is 20.6. The minimum Gasteiger partial charge on any atom is -0.338 e. The molecule has 0 spiro atoms. The van der Waals surface area contributed by atoms with Gasteiger partial charge in [-0.05, 0) is 30.9 Å². The van der Waals surface area contributed by atoms with Gasteiger partial charge in [0, 0.05) is 19.0 Å². The van der Waals surface area contributed by atoms with Gasteiger partial charge in [-0.1, -0.05) is 29.1 Å². The molecule has 0 saturated carbocycles. The second-order valence-corrected chi connectivity index (χ2v) is 10.4. The van der Waals surface area contributed by atoms with Crippen molar-refractivity contribution in [2.24, 2.45) is 13.0 Å². The Labute approximate surface area is 171 Å². The monoisotopic (exact) mass is 437 g/mol. The Hall–Kier alpha value is -2.27. The van der Waals surface area contributed by atoms with Gasteiger partial charge in [0.1, 0.15) is 11.6 Å². The van der Waals surface area contributed by atoms with Crippen molar-refractivity contribution < 1.29 is 17.3 Å². The van der Waals surface area contributed by atoms with Gasteiger partial charge in [-0.25, -0.2) is 12.8 Å². The van der Waals surface area contributed by atoms with Crippen LogP contribution in [-0.2, 0) is 29.1 Å². The molecule has 4 rings (SSSR count). The molecule has 29 heavy (non-hydrogen) atoms. The molecule has 1 aliphatic heterocycles. The van der Waals surface area contributed by atoms with E-state index < -0.39 is 9.84 Å². The highest BCUT2D eigenvalue weighted by molar-refractivity contribution is 7.98. The fraction of sp³-hybridized carbons (Fsp3) is 0.444. The highest BCUT2D eigenvalue weighted by Gasteiger charge is 2.29. The summed E-state index contributed by atoms with van der Waals surface area (Å²) in [6, 6.07) is 4.81. The van der Waals surface area contributed by atoms with Crippen LogP contribution in [-0.4, -0.2) is 44.8 Å². The molecule has 0 aliphatic carbocycles. The Morgan fingerprint density at radius 1 is 1.34 bits per heavy atom.